The highest BCUT2D eigenvalue weighted by atomic mass is 19.4. The fourth-order valence-electron chi connectivity index (χ4n) is 6.50. The summed E-state index contributed by atoms with van der Waals surface area (Å²) in [5.41, 5.74) is 7.57. The van der Waals surface area contributed by atoms with Gasteiger partial charge in [0.1, 0.15) is 18.0 Å². The Labute approximate surface area is 268 Å². The summed E-state index contributed by atoms with van der Waals surface area (Å²) < 4.78 is 60.5. The van der Waals surface area contributed by atoms with Crippen molar-refractivity contribution in [2.75, 3.05) is 27.2 Å². The minimum Gasteiger partial charge on any atom is -0.349 e. The molecule has 1 unspecified atom stereocenters. The average molecular weight is 633 g/mol. The number of amidine groups is 1. The Bertz CT molecular complexity index is 1810. The van der Waals surface area contributed by atoms with E-state index in [2.05, 4.69) is 27.5 Å². The lowest BCUT2D eigenvalue weighted by molar-refractivity contribution is -0.136. The van der Waals surface area contributed by atoms with Crippen LogP contribution in [0.3, 0.4) is 0 Å². The van der Waals surface area contributed by atoms with E-state index in [1.54, 1.807) is 10.9 Å². The third-order valence-electron chi connectivity index (χ3n) is 8.86. The summed E-state index contributed by atoms with van der Waals surface area (Å²) in [6.07, 6.45) is 6.30. The number of hydrogen-bond acceptors (Lipinski definition) is 5. The first-order chi connectivity index (χ1) is 22.0. The van der Waals surface area contributed by atoms with Crippen LogP contribution in [-0.2, 0) is 12.6 Å². The van der Waals surface area contributed by atoms with E-state index in [1.807, 2.05) is 68.5 Å². The first-order valence-electron chi connectivity index (χ1n) is 15.5. The number of nitrogens with one attached hydrogen (secondary N) is 1. The van der Waals surface area contributed by atoms with Crippen molar-refractivity contribution >= 4 is 16.7 Å². The van der Waals surface area contributed by atoms with Crippen molar-refractivity contribution in [3.05, 3.63) is 107 Å². The highest BCUT2D eigenvalue weighted by molar-refractivity contribution is 5.92. The molecule has 46 heavy (non-hydrogen) atoms. The molecule has 0 spiro atoms. The predicted octanol–water partition coefficient (Wildman–Crippen LogP) is 8.10. The van der Waals surface area contributed by atoms with E-state index in [4.69, 9.17) is 5.10 Å². The lowest BCUT2D eigenvalue weighted by Crippen LogP contribution is -2.31. The maximum atomic E-state index is 14.7. The van der Waals surface area contributed by atoms with E-state index in [1.165, 1.54) is 12.3 Å². The van der Waals surface area contributed by atoms with Crippen LogP contribution >= 0.6 is 0 Å². The van der Waals surface area contributed by atoms with Crippen LogP contribution in [0, 0.1) is 6.92 Å². The van der Waals surface area contributed by atoms with Crippen LogP contribution < -0.4 is 5.32 Å². The lowest BCUT2D eigenvalue weighted by Gasteiger charge is -2.30. The minimum atomic E-state index is -4.62. The van der Waals surface area contributed by atoms with Crippen LogP contribution in [0.5, 0.6) is 0 Å². The summed E-state index contributed by atoms with van der Waals surface area (Å²) in [4.78, 5) is 8.42. The zero-order chi connectivity index (χ0) is 32.6. The largest absolute Gasteiger partial charge is 0.417 e. The van der Waals surface area contributed by atoms with Gasteiger partial charge in [-0.05, 0) is 74.2 Å². The molecule has 1 fully saturated rings. The van der Waals surface area contributed by atoms with E-state index in [-0.39, 0.29) is 25.3 Å². The molecule has 1 N–H and O–H groups in total. The molecule has 3 aromatic rings. The first kappa shape index (κ1) is 31.6. The number of nitrogens with zero attached hydrogens (tertiary/aromatic N) is 5. The summed E-state index contributed by atoms with van der Waals surface area (Å²) in [6.45, 7) is 6.85. The molecule has 2 aromatic carbocycles. The molecular weight excluding hydrogens is 592 g/mol. The number of aromatic nitrogens is 2. The van der Waals surface area contributed by atoms with Crippen molar-refractivity contribution in [2.45, 2.75) is 57.4 Å². The maximum absolute atomic E-state index is 14.7. The highest BCUT2D eigenvalue weighted by Crippen LogP contribution is 2.43. The summed E-state index contributed by atoms with van der Waals surface area (Å²) in [5.74, 6) is 0.697. The second-order valence-corrected chi connectivity index (χ2v) is 12.3. The second kappa shape index (κ2) is 12.8. The first-order valence-corrected chi connectivity index (χ1v) is 15.5. The molecule has 6 nitrogen and oxygen atoms in total. The molecule has 1 saturated heterocycles. The number of likely N-dealkylation sites (N-methyl/N-ethyl adjacent to an activating group) is 1. The van der Waals surface area contributed by atoms with Crippen LogP contribution in [0.2, 0.25) is 0 Å². The van der Waals surface area contributed by atoms with Gasteiger partial charge in [-0.3, -0.25) is 4.68 Å². The number of alkyl halides is 4. The average Bonchev–Trinajstić information content (AvgIpc) is 3.64. The Morgan fingerprint density at radius 1 is 1.22 bits per heavy atom. The Morgan fingerprint density at radius 3 is 2.67 bits per heavy atom. The summed E-state index contributed by atoms with van der Waals surface area (Å²) >= 11 is 0. The fraction of sp³-hybridized carbons (Fsp3) is 0.361. The van der Waals surface area contributed by atoms with Gasteiger partial charge in [0.2, 0.25) is 0 Å². The normalized spacial score (nSPS) is 18.7. The van der Waals surface area contributed by atoms with E-state index >= 15 is 0 Å². The van der Waals surface area contributed by atoms with Gasteiger partial charge in [0.25, 0.3) is 0 Å². The van der Waals surface area contributed by atoms with Crippen molar-refractivity contribution in [1.29, 1.82) is 0 Å². The molecule has 0 amide bonds. The maximum Gasteiger partial charge on any atom is 0.417 e. The number of rotatable bonds is 8. The molecule has 3 aliphatic heterocycles. The van der Waals surface area contributed by atoms with Gasteiger partial charge < -0.3 is 15.1 Å². The molecule has 2 atom stereocenters. The number of halogens is 4. The number of allylic oxidation sites excluding steroid dienone is 4. The van der Waals surface area contributed by atoms with Gasteiger partial charge in [0.15, 0.2) is 0 Å². The monoisotopic (exact) mass is 632 g/mol. The quantitative estimate of drug-likeness (QED) is 0.201. The van der Waals surface area contributed by atoms with Crippen LogP contribution in [0.15, 0.2) is 95.4 Å². The molecule has 6 rings (SSSR count). The predicted molar refractivity (Wildman–Crippen MR) is 177 cm³/mol. The third-order valence-corrected chi connectivity index (χ3v) is 8.86. The molecular formula is C36H40F4N6. The van der Waals surface area contributed by atoms with Gasteiger partial charge in [0.05, 0.1) is 23.3 Å². The molecule has 10 heteroatoms. The Balaban J connectivity index is 0.00000433. The fourth-order valence-corrected chi connectivity index (χ4v) is 6.50. The van der Waals surface area contributed by atoms with Crippen molar-refractivity contribution < 1.29 is 19.0 Å². The number of benzene rings is 2. The second-order valence-electron chi connectivity index (χ2n) is 12.3. The third kappa shape index (κ3) is 6.32. The van der Waals surface area contributed by atoms with E-state index in [0.29, 0.717) is 41.1 Å². The zero-order valence-corrected chi connectivity index (χ0v) is 26.3. The van der Waals surface area contributed by atoms with Crippen molar-refractivity contribution in [1.82, 2.24) is 24.9 Å². The molecule has 242 valence electrons. The smallest absolute Gasteiger partial charge is 0.349 e. The number of aliphatic imine (C=N–C) groups is 1. The van der Waals surface area contributed by atoms with Gasteiger partial charge in [-0.25, -0.2) is 9.38 Å². The van der Waals surface area contributed by atoms with Crippen LogP contribution in [0.4, 0.5) is 17.6 Å². The summed E-state index contributed by atoms with van der Waals surface area (Å²) in [6, 6.07) is 8.23. The molecule has 3 aliphatic rings. The number of fused-ring (bicyclic) bond motifs is 2. The van der Waals surface area contributed by atoms with Crippen LogP contribution in [0.25, 0.3) is 22.0 Å². The van der Waals surface area contributed by atoms with Gasteiger partial charge in [-0.15, -0.1) is 5.73 Å². The molecule has 0 radical (unpaired) electrons. The van der Waals surface area contributed by atoms with Crippen molar-refractivity contribution in [3.63, 3.8) is 0 Å². The Morgan fingerprint density at radius 2 is 2.00 bits per heavy atom. The van der Waals surface area contributed by atoms with Gasteiger partial charge in [0, 0.05) is 50.5 Å². The summed E-state index contributed by atoms with van der Waals surface area (Å²) in [7, 11) is 4.01. The molecule has 0 aliphatic carbocycles. The Kier molecular flexibility index (Phi) is 8.77. The molecule has 0 saturated carbocycles. The van der Waals surface area contributed by atoms with E-state index < -0.39 is 24.0 Å². The van der Waals surface area contributed by atoms with Gasteiger partial charge >= 0.3 is 6.18 Å². The lowest BCUT2D eigenvalue weighted by atomic mass is 9.94. The van der Waals surface area contributed by atoms with E-state index in [9.17, 15) is 17.6 Å². The standard InChI is InChI=1S/C36H38F4N6.H2/c1-5-31(42-33-10-6-7-16-41-33)35(27-9-8-17-45-21-26(37)19-32(27)45)46-22-29-30(36(38,39)40)20-28(23(2)34(29)43-46)25-13-11-24(12-14-25)15-18-44(3)4;/h7-8,11-14,16-17,20,22,26,35H,1,6,9-10,15,18-19,21H2,2-4H3,(H,41,42);1H/t26-,35?;/m1./s1. The topological polar surface area (TPSA) is 48.7 Å². The molecule has 0 bridgehead atoms. The molecule has 1 aromatic heterocycles. The van der Waals surface area contributed by atoms with Crippen molar-refractivity contribution in [3.8, 4) is 11.1 Å². The van der Waals surface area contributed by atoms with Crippen LogP contribution in [0.1, 0.15) is 49.8 Å². The zero-order valence-electron chi connectivity index (χ0n) is 26.3. The number of aryl methyl sites for hydroxylation is 1. The van der Waals surface area contributed by atoms with Crippen molar-refractivity contribution in [2.24, 2.45) is 4.99 Å². The minimum absolute atomic E-state index is 0. The van der Waals surface area contributed by atoms with Gasteiger partial charge in [-0.2, -0.15) is 18.3 Å². The molecule has 4 heterocycles. The van der Waals surface area contributed by atoms with E-state index in [0.717, 1.165) is 36.2 Å². The Hall–Kier alpha value is -4.40. The summed E-state index contributed by atoms with van der Waals surface area (Å²) in [5, 5.41) is 8.21. The van der Waals surface area contributed by atoms with Gasteiger partial charge in [-0.1, -0.05) is 43.0 Å². The number of hydrogen-bond donors (Lipinski definition) is 1. The highest BCUT2D eigenvalue weighted by Gasteiger charge is 2.38. The SMILES string of the molecule is C=C=C(NC1=NC=CCC1)C(C1=C2C[C@@H](F)CN2C=CC1)n1cc2c(C(F)(F)F)cc(-c3ccc(CCN(C)C)cc3)c(C)c2n1.[HH]. The van der Waals surface area contributed by atoms with Crippen LogP contribution in [-0.4, -0.2) is 58.8 Å².